The van der Waals surface area contributed by atoms with Gasteiger partial charge in [0.25, 0.3) is 11.8 Å². The number of fused-ring (bicyclic) bond motifs is 1. The molecule has 7 heteroatoms. The minimum absolute atomic E-state index is 0.197. The number of nitrogens with one attached hydrogen (secondary N) is 2. The molecule has 7 nitrogen and oxygen atoms in total. The number of carbonyl (C=O) groups excluding carboxylic acids is 3. The maximum absolute atomic E-state index is 13.3. The predicted octanol–water partition coefficient (Wildman–Crippen LogP) is 3.24. The van der Waals surface area contributed by atoms with Gasteiger partial charge in [0, 0.05) is 18.8 Å². The molecule has 154 valence electrons. The molecule has 1 aliphatic rings. The highest BCUT2D eigenvalue weighted by Crippen LogP contribution is 2.33. The van der Waals surface area contributed by atoms with Crippen molar-refractivity contribution in [3.8, 4) is 0 Å². The van der Waals surface area contributed by atoms with Crippen molar-refractivity contribution in [1.82, 2.24) is 5.32 Å². The Labute approximate surface area is 175 Å². The van der Waals surface area contributed by atoms with Gasteiger partial charge in [-0.2, -0.15) is 0 Å². The van der Waals surface area contributed by atoms with E-state index in [-0.39, 0.29) is 13.1 Å². The van der Waals surface area contributed by atoms with Crippen LogP contribution in [0.1, 0.15) is 5.56 Å². The SMILES string of the molecule is C=CCN1C(=O)C(NC(=O)Nc2cccc(C)c2)C(=O)N(CC=C)c2ccccc21. The quantitative estimate of drug-likeness (QED) is 0.573. The third kappa shape index (κ3) is 4.25. The van der Waals surface area contributed by atoms with Crippen LogP contribution in [0.15, 0.2) is 73.8 Å². The summed E-state index contributed by atoms with van der Waals surface area (Å²) in [6.07, 6.45) is 3.15. The summed E-state index contributed by atoms with van der Waals surface area (Å²) in [5.74, 6) is -1.06. The van der Waals surface area contributed by atoms with Crippen LogP contribution in [0.3, 0.4) is 0 Å². The van der Waals surface area contributed by atoms with Gasteiger partial charge < -0.3 is 20.4 Å². The molecule has 4 amide bonds. The minimum Gasteiger partial charge on any atom is -0.318 e. The van der Waals surface area contributed by atoms with E-state index in [1.54, 1.807) is 54.6 Å². The number of benzene rings is 2. The first-order chi connectivity index (χ1) is 14.5. The smallest absolute Gasteiger partial charge is 0.318 e. The summed E-state index contributed by atoms with van der Waals surface area (Å²) >= 11 is 0. The zero-order chi connectivity index (χ0) is 21.7. The average molecular weight is 404 g/mol. The van der Waals surface area contributed by atoms with E-state index in [1.807, 2.05) is 13.0 Å². The zero-order valence-corrected chi connectivity index (χ0v) is 16.8. The van der Waals surface area contributed by atoms with Gasteiger partial charge in [-0.1, -0.05) is 36.4 Å². The van der Waals surface area contributed by atoms with Crippen molar-refractivity contribution < 1.29 is 14.4 Å². The van der Waals surface area contributed by atoms with Crippen molar-refractivity contribution in [2.24, 2.45) is 0 Å². The van der Waals surface area contributed by atoms with Crippen molar-refractivity contribution >= 4 is 34.9 Å². The number of hydrogen-bond acceptors (Lipinski definition) is 3. The van der Waals surface area contributed by atoms with Crippen LogP contribution < -0.4 is 20.4 Å². The maximum atomic E-state index is 13.3. The van der Waals surface area contributed by atoms with Crippen LogP contribution >= 0.6 is 0 Å². The summed E-state index contributed by atoms with van der Waals surface area (Å²) in [6, 6.07) is 12.3. The Morgan fingerprint density at radius 3 is 2.03 bits per heavy atom. The number of nitrogens with zero attached hydrogens (tertiary/aromatic N) is 2. The van der Waals surface area contributed by atoms with Gasteiger partial charge in [-0.15, -0.1) is 13.2 Å². The van der Waals surface area contributed by atoms with Crippen LogP contribution in [0.5, 0.6) is 0 Å². The van der Waals surface area contributed by atoms with Crippen LogP contribution in [0.4, 0.5) is 21.9 Å². The Bertz CT molecular complexity index is 952. The molecule has 0 saturated heterocycles. The summed E-state index contributed by atoms with van der Waals surface area (Å²) in [4.78, 5) is 42.0. The molecule has 0 aliphatic carbocycles. The summed E-state index contributed by atoms with van der Waals surface area (Å²) in [5.41, 5.74) is 2.68. The molecule has 0 atom stereocenters. The highest BCUT2D eigenvalue weighted by molar-refractivity contribution is 6.21. The van der Waals surface area contributed by atoms with E-state index >= 15 is 0 Å². The predicted molar refractivity (Wildman–Crippen MR) is 119 cm³/mol. The van der Waals surface area contributed by atoms with Crippen molar-refractivity contribution in [1.29, 1.82) is 0 Å². The molecule has 0 bridgehead atoms. The van der Waals surface area contributed by atoms with E-state index in [0.717, 1.165) is 5.56 Å². The van der Waals surface area contributed by atoms with Crippen molar-refractivity contribution in [3.63, 3.8) is 0 Å². The first-order valence-corrected chi connectivity index (χ1v) is 9.54. The van der Waals surface area contributed by atoms with Gasteiger partial charge in [0.15, 0.2) is 6.04 Å². The Morgan fingerprint density at radius 1 is 0.967 bits per heavy atom. The van der Waals surface area contributed by atoms with Gasteiger partial charge in [-0.05, 0) is 36.8 Å². The van der Waals surface area contributed by atoms with Crippen LogP contribution in [-0.2, 0) is 9.59 Å². The van der Waals surface area contributed by atoms with Gasteiger partial charge in [0.1, 0.15) is 0 Å². The number of para-hydroxylation sites is 2. The van der Waals surface area contributed by atoms with E-state index in [2.05, 4.69) is 23.8 Å². The largest absolute Gasteiger partial charge is 0.320 e. The van der Waals surface area contributed by atoms with Crippen molar-refractivity contribution in [3.05, 3.63) is 79.4 Å². The van der Waals surface area contributed by atoms with E-state index < -0.39 is 23.9 Å². The average Bonchev–Trinajstić information content (AvgIpc) is 2.80. The highest BCUT2D eigenvalue weighted by Gasteiger charge is 2.40. The van der Waals surface area contributed by atoms with Gasteiger partial charge in [0.2, 0.25) is 0 Å². The molecule has 2 aromatic carbocycles. The lowest BCUT2D eigenvalue weighted by atomic mass is 10.2. The number of anilines is 3. The second-order valence-corrected chi connectivity index (χ2v) is 6.86. The number of carbonyl (C=O) groups is 3. The maximum Gasteiger partial charge on any atom is 0.320 e. The number of aryl methyl sites for hydroxylation is 1. The van der Waals surface area contributed by atoms with Gasteiger partial charge >= 0.3 is 6.03 Å². The lowest BCUT2D eigenvalue weighted by Gasteiger charge is -2.23. The Hall–Kier alpha value is -3.87. The molecule has 2 N–H and O–H groups in total. The molecule has 3 rings (SSSR count). The standard InChI is InChI=1S/C23H24N4O3/c1-4-13-26-18-11-6-7-12-19(18)27(14-5-2)22(29)20(21(26)28)25-23(30)24-17-10-8-9-16(3)15-17/h4-12,15,20H,1-2,13-14H2,3H3,(H2,24,25,30). The molecule has 30 heavy (non-hydrogen) atoms. The van der Waals surface area contributed by atoms with E-state index in [9.17, 15) is 14.4 Å². The van der Waals surface area contributed by atoms with Gasteiger partial charge in [0.05, 0.1) is 11.4 Å². The molecular formula is C23H24N4O3. The second kappa shape index (κ2) is 9.09. The lowest BCUT2D eigenvalue weighted by Crippen LogP contribution is -2.56. The lowest BCUT2D eigenvalue weighted by molar-refractivity contribution is -0.128. The molecular weight excluding hydrogens is 380 g/mol. The fraction of sp³-hybridized carbons (Fsp3) is 0.174. The number of amides is 4. The summed E-state index contributed by atoms with van der Waals surface area (Å²) in [7, 11) is 0. The second-order valence-electron chi connectivity index (χ2n) is 6.86. The van der Waals surface area contributed by atoms with Crippen LogP contribution in [-0.4, -0.2) is 37.0 Å². The van der Waals surface area contributed by atoms with Crippen LogP contribution in [0.2, 0.25) is 0 Å². The third-order valence-corrected chi connectivity index (χ3v) is 4.66. The Balaban J connectivity index is 1.94. The molecule has 1 aliphatic heterocycles. The summed E-state index contributed by atoms with van der Waals surface area (Å²) in [5, 5.41) is 5.21. The Morgan fingerprint density at radius 2 is 1.53 bits per heavy atom. The third-order valence-electron chi connectivity index (χ3n) is 4.66. The molecule has 0 radical (unpaired) electrons. The van der Waals surface area contributed by atoms with Gasteiger partial charge in [-0.25, -0.2) is 4.79 Å². The first-order valence-electron chi connectivity index (χ1n) is 9.54. The molecule has 0 aromatic heterocycles. The molecule has 0 saturated carbocycles. The summed E-state index contributed by atoms with van der Waals surface area (Å²) in [6.45, 7) is 9.71. The normalized spacial score (nSPS) is 14.0. The van der Waals surface area contributed by atoms with Crippen molar-refractivity contribution in [2.45, 2.75) is 13.0 Å². The minimum atomic E-state index is -1.39. The van der Waals surface area contributed by atoms with Crippen LogP contribution in [0, 0.1) is 6.92 Å². The molecule has 1 heterocycles. The number of rotatable bonds is 6. The van der Waals surface area contributed by atoms with Crippen molar-refractivity contribution in [2.75, 3.05) is 28.2 Å². The number of hydrogen-bond donors (Lipinski definition) is 2. The topological polar surface area (TPSA) is 81.8 Å². The molecule has 0 spiro atoms. The summed E-state index contributed by atoms with van der Waals surface area (Å²) < 4.78 is 0. The van der Waals surface area contributed by atoms with Crippen LogP contribution in [0.25, 0.3) is 0 Å². The van der Waals surface area contributed by atoms with E-state index in [1.165, 1.54) is 9.80 Å². The zero-order valence-electron chi connectivity index (χ0n) is 16.8. The fourth-order valence-corrected chi connectivity index (χ4v) is 3.35. The first kappa shape index (κ1) is 20.9. The molecule has 0 unspecified atom stereocenters. The number of urea groups is 1. The van der Waals surface area contributed by atoms with Gasteiger partial charge in [-0.3, -0.25) is 9.59 Å². The molecule has 0 fully saturated rings. The molecule has 2 aromatic rings. The van der Waals surface area contributed by atoms with E-state index in [4.69, 9.17) is 0 Å². The highest BCUT2D eigenvalue weighted by atomic mass is 16.2. The Kier molecular flexibility index (Phi) is 6.32. The fourth-order valence-electron chi connectivity index (χ4n) is 3.35. The monoisotopic (exact) mass is 404 g/mol. The van der Waals surface area contributed by atoms with E-state index in [0.29, 0.717) is 17.1 Å².